The first-order chi connectivity index (χ1) is 6.31. The van der Waals surface area contributed by atoms with Crippen molar-refractivity contribution in [2.75, 3.05) is 0 Å². The summed E-state index contributed by atoms with van der Waals surface area (Å²) in [6.07, 6.45) is 1.57. The van der Waals surface area contributed by atoms with Crippen molar-refractivity contribution in [1.82, 2.24) is 14.8 Å². The van der Waals surface area contributed by atoms with E-state index in [0.717, 1.165) is 22.9 Å². The molecule has 2 N–H and O–H groups in total. The van der Waals surface area contributed by atoms with Gasteiger partial charge in [-0.25, -0.2) is 4.39 Å². The van der Waals surface area contributed by atoms with E-state index in [1.807, 2.05) is 0 Å². The molecule has 0 unspecified atom stereocenters. The smallest absolute Gasteiger partial charge is 0.195 e. The van der Waals surface area contributed by atoms with Gasteiger partial charge in [0.1, 0.15) is 5.82 Å². The summed E-state index contributed by atoms with van der Waals surface area (Å²) >= 11 is 1.03. The van der Waals surface area contributed by atoms with Gasteiger partial charge >= 0.3 is 0 Å². The van der Waals surface area contributed by atoms with E-state index < -0.39 is 0 Å². The van der Waals surface area contributed by atoms with Gasteiger partial charge in [-0.1, -0.05) is 11.9 Å². The van der Waals surface area contributed by atoms with Crippen molar-refractivity contribution in [2.45, 2.75) is 4.90 Å². The second-order valence-electron chi connectivity index (χ2n) is 2.46. The number of hydrogen-bond acceptors (Lipinski definition) is 3. The monoisotopic (exact) mass is 193 g/mol. The average Bonchev–Trinajstić information content (AvgIpc) is 2.52. The van der Waals surface area contributed by atoms with Crippen molar-refractivity contribution < 1.29 is 4.39 Å². The van der Waals surface area contributed by atoms with Gasteiger partial charge in [0.2, 0.25) is 0 Å². The average molecular weight is 193 g/mol. The van der Waals surface area contributed by atoms with Crippen LogP contribution in [0.15, 0.2) is 23.2 Å². The van der Waals surface area contributed by atoms with Crippen LogP contribution in [0.25, 0.3) is 10.9 Å². The molecule has 0 aliphatic heterocycles. The summed E-state index contributed by atoms with van der Waals surface area (Å²) < 4.78 is 15.6. The second kappa shape index (κ2) is 3.39. The summed E-state index contributed by atoms with van der Waals surface area (Å²) in [5, 5.41) is 7.29. The summed E-state index contributed by atoms with van der Waals surface area (Å²) in [4.78, 5) is 0.444. The van der Waals surface area contributed by atoms with Crippen molar-refractivity contribution in [2.24, 2.45) is 0 Å². The highest BCUT2D eigenvalue weighted by molar-refractivity contribution is 7.98. The molecule has 3 nitrogen and oxygen atoms in total. The Balaban J connectivity index is 2.56. The van der Waals surface area contributed by atoms with Crippen molar-refractivity contribution in [3.05, 3.63) is 24.1 Å². The lowest BCUT2D eigenvalue weighted by Gasteiger charge is -2.00. The number of halogens is 1. The molecular weight excluding hydrogens is 188 g/mol. The van der Waals surface area contributed by atoms with Crippen LogP contribution in [0.4, 0.5) is 4.39 Å². The first kappa shape index (κ1) is 8.59. The van der Waals surface area contributed by atoms with Gasteiger partial charge in [0.05, 0.1) is 16.6 Å². The summed E-state index contributed by atoms with van der Waals surface area (Å²) in [7, 11) is 5.07. The van der Waals surface area contributed by atoms with E-state index >= 15 is 0 Å². The van der Waals surface area contributed by atoms with E-state index in [4.69, 9.17) is 7.98 Å². The number of hydrogen-bond donors (Lipinski definition) is 2. The van der Waals surface area contributed by atoms with Crippen LogP contribution in [0.2, 0.25) is 0 Å². The van der Waals surface area contributed by atoms with Gasteiger partial charge in [0, 0.05) is 5.39 Å². The summed E-state index contributed by atoms with van der Waals surface area (Å²) in [5.74, 6) is -0.308. The standard InChI is InChI=1S/C7H5BFN3S/c8-12-13-7-2-6-4(1-5(7)9)3-10-11-6/h1-3,12H,(H,10,11). The van der Waals surface area contributed by atoms with Crippen LogP contribution in [0.5, 0.6) is 0 Å². The third-order valence-corrected chi connectivity index (χ3v) is 2.31. The zero-order chi connectivity index (χ0) is 9.26. The second-order valence-corrected chi connectivity index (χ2v) is 3.34. The Morgan fingerprint density at radius 2 is 2.38 bits per heavy atom. The van der Waals surface area contributed by atoms with Gasteiger partial charge in [-0.3, -0.25) is 5.10 Å². The van der Waals surface area contributed by atoms with E-state index in [2.05, 4.69) is 14.8 Å². The minimum absolute atomic E-state index is 0.308. The molecule has 13 heavy (non-hydrogen) atoms. The molecule has 0 atom stereocenters. The van der Waals surface area contributed by atoms with Crippen molar-refractivity contribution in [3.8, 4) is 0 Å². The van der Waals surface area contributed by atoms with Gasteiger partial charge in [-0.05, 0) is 12.1 Å². The fourth-order valence-electron chi connectivity index (χ4n) is 1.09. The van der Waals surface area contributed by atoms with Gasteiger partial charge in [0.25, 0.3) is 0 Å². The molecule has 0 amide bonds. The number of nitrogens with one attached hydrogen (secondary N) is 2. The Kier molecular flexibility index (Phi) is 2.24. The molecule has 0 spiro atoms. The lowest BCUT2D eigenvalue weighted by atomic mass is 10.2. The third kappa shape index (κ3) is 1.55. The molecule has 1 heterocycles. The first-order valence-corrected chi connectivity index (χ1v) is 4.38. The maximum atomic E-state index is 13.2. The highest BCUT2D eigenvalue weighted by atomic mass is 32.2. The number of benzene rings is 1. The largest absolute Gasteiger partial charge is 0.312 e. The number of aromatic amines is 1. The van der Waals surface area contributed by atoms with E-state index in [9.17, 15) is 4.39 Å². The molecule has 2 rings (SSSR count). The van der Waals surface area contributed by atoms with E-state index in [0.29, 0.717) is 4.90 Å². The van der Waals surface area contributed by atoms with Crippen LogP contribution < -0.4 is 4.63 Å². The van der Waals surface area contributed by atoms with Crippen molar-refractivity contribution in [1.29, 1.82) is 0 Å². The predicted molar refractivity (Wildman–Crippen MR) is 50.8 cm³/mol. The van der Waals surface area contributed by atoms with Crippen molar-refractivity contribution >= 4 is 30.8 Å². The number of nitrogens with zero attached hydrogens (tertiary/aromatic N) is 1. The molecular formula is C7H5BFN3S. The zero-order valence-corrected chi connectivity index (χ0v) is 7.36. The summed E-state index contributed by atoms with van der Waals surface area (Å²) in [5.41, 5.74) is 0.791. The SMILES string of the molecule is [B]NSc1cc2[nH]ncc2cc1F. The predicted octanol–water partition coefficient (Wildman–Crippen LogP) is 1.38. The molecule has 0 aliphatic rings. The molecule has 2 aromatic rings. The Morgan fingerprint density at radius 3 is 3.15 bits per heavy atom. The fourth-order valence-corrected chi connectivity index (χ4v) is 1.55. The van der Waals surface area contributed by atoms with Crippen LogP contribution in [0.3, 0.4) is 0 Å². The molecule has 0 aliphatic carbocycles. The highest BCUT2D eigenvalue weighted by Crippen LogP contribution is 2.23. The van der Waals surface area contributed by atoms with Gasteiger partial charge in [-0.15, -0.1) is 0 Å². The molecule has 0 fully saturated rings. The van der Waals surface area contributed by atoms with Crippen LogP contribution in [0.1, 0.15) is 0 Å². The summed E-state index contributed by atoms with van der Waals surface area (Å²) in [6.45, 7) is 0. The normalized spacial score (nSPS) is 10.8. The molecule has 0 bridgehead atoms. The molecule has 6 heteroatoms. The topological polar surface area (TPSA) is 40.7 Å². The lowest BCUT2D eigenvalue weighted by Crippen LogP contribution is -1.95. The third-order valence-electron chi connectivity index (χ3n) is 1.66. The quantitative estimate of drug-likeness (QED) is 0.559. The van der Waals surface area contributed by atoms with E-state index in [-0.39, 0.29) is 5.82 Å². The maximum absolute atomic E-state index is 13.2. The van der Waals surface area contributed by atoms with Gasteiger partial charge in [-0.2, -0.15) is 5.10 Å². The fraction of sp³-hybridized carbons (Fsp3) is 0. The molecule has 2 radical (unpaired) electrons. The van der Waals surface area contributed by atoms with Crippen LogP contribution in [-0.2, 0) is 0 Å². The van der Waals surface area contributed by atoms with Crippen LogP contribution in [0, 0.1) is 5.82 Å². The minimum atomic E-state index is -0.308. The highest BCUT2D eigenvalue weighted by Gasteiger charge is 2.05. The molecule has 0 saturated carbocycles. The van der Waals surface area contributed by atoms with E-state index in [1.54, 1.807) is 12.3 Å². The van der Waals surface area contributed by atoms with Crippen molar-refractivity contribution in [3.63, 3.8) is 0 Å². The van der Waals surface area contributed by atoms with Gasteiger partial charge < -0.3 is 4.63 Å². The molecule has 64 valence electrons. The molecule has 0 saturated heterocycles. The molecule has 1 aromatic carbocycles. The number of fused-ring (bicyclic) bond motifs is 1. The number of aromatic nitrogens is 2. The Hall–Kier alpha value is -1.01. The summed E-state index contributed by atoms with van der Waals surface area (Å²) in [6, 6.07) is 3.07. The maximum Gasteiger partial charge on any atom is 0.195 e. The lowest BCUT2D eigenvalue weighted by molar-refractivity contribution is 0.604. The number of H-pyrrole nitrogens is 1. The van der Waals surface area contributed by atoms with Gasteiger partial charge in [0.15, 0.2) is 7.98 Å². The minimum Gasteiger partial charge on any atom is -0.312 e. The Morgan fingerprint density at radius 1 is 1.54 bits per heavy atom. The first-order valence-electron chi connectivity index (χ1n) is 3.56. The van der Waals surface area contributed by atoms with Crippen LogP contribution in [-0.4, -0.2) is 18.2 Å². The Bertz CT molecular complexity index is 431. The zero-order valence-electron chi connectivity index (χ0n) is 6.54. The van der Waals surface area contributed by atoms with E-state index in [1.165, 1.54) is 6.07 Å². The molecule has 1 aromatic heterocycles. The Labute approximate surface area is 79.7 Å². The number of rotatable bonds is 2. The van der Waals surface area contributed by atoms with Crippen LogP contribution >= 0.6 is 11.9 Å².